The molecule has 0 unspecified atom stereocenters. The van der Waals surface area contributed by atoms with E-state index in [0.29, 0.717) is 0 Å². The molecule has 0 aliphatic heterocycles. The van der Waals surface area contributed by atoms with Gasteiger partial charge >= 0.3 is 6.18 Å². The molecule has 0 radical (unpaired) electrons. The molecule has 4 nitrogen and oxygen atoms in total. The van der Waals surface area contributed by atoms with Gasteiger partial charge in [-0.3, -0.25) is 0 Å². The van der Waals surface area contributed by atoms with Gasteiger partial charge in [0.25, 0.3) is 0 Å². The molecule has 1 N–H and O–H groups in total. The van der Waals surface area contributed by atoms with E-state index in [1.165, 1.54) is 13.2 Å². The first-order valence-corrected chi connectivity index (χ1v) is 6.96. The fourth-order valence-electron chi connectivity index (χ4n) is 2.05. The summed E-state index contributed by atoms with van der Waals surface area (Å²) in [5, 5.41) is 9.15. The van der Waals surface area contributed by atoms with Gasteiger partial charge in [-0.05, 0) is 41.5 Å². The number of aliphatic hydroxyl groups excluding tert-OH is 1. The van der Waals surface area contributed by atoms with E-state index >= 15 is 0 Å². The Morgan fingerprint density at radius 3 is 2.50 bits per heavy atom. The largest absolute Gasteiger partial charge is 0.475 e. The summed E-state index contributed by atoms with van der Waals surface area (Å²) in [5.41, 5.74) is -0.383. The third-order valence-electron chi connectivity index (χ3n) is 3.13. The molecule has 0 aliphatic carbocycles. The number of pyridine rings is 1. The Labute approximate surface area is 135 Å². The van der Waals surface area contributed by atoms with Crippen LogP contribution >= 0.6 is 0 Å². The number of aliphatic hydroxyl groups is 1. The van der Waals surface area contributed by atoms with E-state index in [2.05, 4.69) is 4.98 Å². The molecule has 1 heterocycles. The average Bonchev–Trinajstić information content (AvgIpc) is 2.53. The normalized spacial score (nSPS) is 11.6. The minimum Gasteiger partial charge on any atom is -0.475 e. The Bertz CT molecular complexity index is 704. The third-order valence-corrected chi connectivity index (χ3v) is 3.13. The molecule has 24 heavy (non-hydrogen) atoms. The summed E-state index contributed by atoms with van der Waals surface area (Å²) < 4.78 is 62.2. The van der Waals surface area contributed by atoms with E-state index in [1.54, 1.807) is 0 Å². The quantitative estimate of drug-likeness (QED) is 0.644. The van der Waals surface area contributed by atoms with E-state index in [0.717, 1.165) is 24.3 Å². The van der Waals surface area contributed by atoms with Crippen LogP contribution in [0.25, 0.3) is 11.1 Å². The van der Waals surface area contributed by atoms with Crippen LogP contribution in [0.5, 0.6) is 5.88 Å². The molecule has 2 aromatic rings. The van der Waals surface area contributed by atoms with Crippen LogP contribution in [0.15, 0.2) is 30.3 Å². The predicted molar refractivity (Wildman–Crippen MR) is 77.9 cm³/mol. The van der Waals surface area contributed by atoms with Gasteiger partial charge < -0.3 is 14.6 Å². The molecule has 0 atom stereocenters. The maximum atomic E-state index is 13.6. The minimum atomic E-state index is -4.63. The SMILES string of the molecule is COCCOc1nc(C(F)(F)F)ccc1-c1cc(F)cc(CO)c1. The number of nitrogens with zero attached hydrogens (tertiary/aromatic N) is 1. The van der Waals surface area contributed by atoms with Crippen LogP contribution < -0.4 is 4.74 Å². The van der Waals surface area contributed by atoms with Gasteiger partial charge in [-0.1, -0.05) is 0 Å². The van der Waals surface area contributed by atoms with Gasteiger partial charge in [0.05, 0.1) is 13.2 Å². The number of aromatic nitrogens is 1. The van der Waals surface area contributed by atoms with Gasteiger partial charge in [0.1, 0.15) is 18.1 Å². The second-order valence-electron chi connectivity index (χ2n) is 4.89. The molecule has 130 valence electrons. The van der Waals surface area contributed by atoms with E-state index < -0.39 is 24.3 Å². The summed E-state index contributed by atoms with van der Waals surface area (Å²) in [6.45, 7) is -0.263. The molecule has 1 aromatic carbocycles. The van der Waals surface area contributed by atoms with Crippen molar-refractivity contribution >= 4 is 0 Å². The van der Waals surface area contributed by atoms with E-state index in [-0.39, 0.29) is 35.8 Å². The van der Waals surface area contributed by atoms with Gasteiger partial charge in [0.15, 0.2) is 0 Å². The Kier molecular flexibility index (Phi) is 5.74. The molecule has 0 fully saturated rings. The van der Waals surface area contributed by atoms with Crippen LogP contribution in [0.3, 0.4) is 0 Å². The summed E-state index contributed by atoms with van der Waals surface area (Å²) in [5.74, 6) is -0.907. The molecular formula is C16H15F4NO3. The highest BCUT2D eigenvalue weighted by molar-refractivity contribution is 5.69. The van der Waals surface area contributed by atoms with Crippen molar-refractivity contribution in [3.8, 4) is 17.0 Å². The molecule has 0 saturated carbocycles. The number of halogens is 4. The van der Waals surface area contributed by atoms with E-state index in [4.69, 9.17) is 14.6 Å². The van der Waals surface area contributed by atoms with Crippen molar-refractivity contribution in [3.05, 3.63) is 47.4 Å². The lowest BCUT2D eigenvalue weighted by atomic mass is 10.0. The lowest BCUT2D eigenvalue weighted by Gasteiger charge is -2.14. The highest BCUT2D eigenvalue weighted by Gasteiger charge is 2.33. The van der Waals surface area contributed by atoms with Crippen molar-refractivity contribution in [1.82, 2.24) is 4.98 Å². The Balaban J connectivity index is 2.49. The maximum absolute atomic E-state index is 13.6. The lowest BCUT2D eigenvalue weighted by molar-refractivity contribution is -0.141. The van der Waals surface area contributed by atoms with Gasteiger partial charge in [0, 0.05) is 12.7 Å². The molecule has 0 bridgehead atoms. The first-order valence-electron chi connectivity index (χ1n) is 6.96. The Morgan fingerprint density at radius 2 is 1.88 bits per heavy atom. The van der Waals surface area contributed by atoms with Crippen LogP contribution in [-0.2, 0) is 17.5 Å². The van der Waals surface area contributed by atoms with Crippen molar-refractivity contribution < 1.29 is 32.1 Å². The molecule has 0 amide bonds. The maximum Gasteiger partial charge on any atom is 0.433 e. The van der Waals surface area contributed by atoms with Crippen LogP contribution in [0.2, 0.25) is 0 Å². The van der Waals surface area contributed by atoms with Crippen LogP contribution in [0.4, 0.5) is 17.6 Å². The van der Waals surface area contributed by atoms with Crippen molar-refractivity contribution in [2.75, 3.05) is 20.3 Å². The van der Waals surface area contributed by atoms with Gasteiger partial charge in [0.2, 0.25) is 5.88 Å². The first kappa shape index (κ1) is 18.2. The molecular weight excluding hydrogens is 330 g/mol. The number of methoxy groups -OCH3 is 1. The summed E-state index contributed by atoms with van der Waals surface area (Å²) in [6, 6.07) is 5.67. The van der Waals surface area contributed by atoms with Crippen LogP contribution in [-0.4, -0.2) is 30.4 Å². The zero-order chi connectivity index (χ0) is 17.7. The number of benzene rings is 1. The zero-order valence-electron chi connectivity index (χ0n) is 12.7. The Morgan fingerprint density at radius 1 is 1.12 bits per heavy atom. The molecule has 0 spiro atoms. The highest BCUT2D eigenvalue weighted by atomic mass is 19.4. The fourth-order valence-corrected chi connectivity index (χ4v) is 2.05. The second kappa shape index (κ2) is 7.59. The number of hydrogen-bond donors (Lipinski definition) is 1. The van der Waals surface area contributed by atoms with Crippen molar-refractivity contribution in [3.63, 3.8) is 0 Å². The molecule has 0 aliphatic rings. The van der Waals surface area contributed by atoms with Gasteiger partial charge in [-0.15, -0.1) is 0 Å². The Hall–Kier alpha value is -2.19. The highest BCUT2D eigenvalue weighted by Crippen LogP contribution is 2.35. The van der Waals surface area contributed by atoms with Gasteiger partial charge in [-0.25, -0.2) is 9.37 Å². The van der Waals surface area contributed by atoms with Crippen molar-refractivity contribution in [1.29, 1.82) is 0 Å². The minimum absolute atomic E-state index is 0.0139. The molecule has 0 saturated heterocycles. The van der Waals surface area contributed by atoms with Crippen LogP contribution in [0, 0.1) is 5.82 Å². The number of rotatable bonds is 6. The van der Waals surface area contributed by atoms with E-state index in [1.807, 2.05) is 0 Å². The van der Waals surface area contributed by atoms with Crippen molar-refractivity contribution in [2.24, 2.45) is 0 Å². The standard InChI is InChI=1S/C16H15F4NO3/c1-23-4-5-24-15-13(2-3-14(21-15)16(18,19)20)11-6-10(9-22)7-12(17)8-11/h2-3,6-8,22H,4-5,9H2,1H3. The molecule has 2 rings (SSSR count). The monoisotopic (exact) mass is 345 g/mol. The number of ether oxygens (including phenoxy) is 2. The molecule has 1 aromatic heterocycles. The average molecular weight is 345 g/mol. The van der Waals surface area contributed by atoms with Crippen LogP contribution in [0.1, 0.15) is 11.3 Å². The van der Waals surface area contributed by atoms with Gasteiger partial charge in [-0.2, -0.15) is 13.2 Å². The zero-order valence-corrected chi connectivity index (χ0v) is 12.7. The first-order chi connectivity index (χ1) is 11.3. The summed E-state index contributed by atoms with van der Waals surface area (Å²) in [6.07, 6.45) is -4.63. The smallest absolute Gasteiger partial charge is 0.433 e. The second-order valence-corrected chi connectivity index (χ2v) is 4.89. The van der Waals surface area contributed by atoms with E-state index in [9.17, 15) is 17.6 Å². The summed E-state index contributed by atoms with van der Waals surface area (Å²) in [4.78, 5) is 3.49. The number of alkyl halides is 3. The fraction of sp³-hybridized carbons (Fsp3) is 0.312. The lowest BCUT2D eigenvalue weighted by Crippen LogP contribution is -2.12. The third kappa shape index (κ3) is 4.42. The van der Waals surface area contributed by atoms with Crippen molar-refractivity contribution in [2.45, 2.75) is 12.8 Å². The number of hydrogen-bond acceptors (Lipinski definition) is 4. The predicted octanol–water partition coefficient (Wildman–Crippen LogP) is 3.42. The molecule has 8 heteroatoms. The summed E-state index contributed by atoms with van der Waals surface area (Å²) >= 11 is 0. The topological polar surface area (TPSA) is 51.6 Å². The summed E-state index contributed by atoms with van der Waals surface area (Å²) in [7, 11) is 1.42.